The van der Waals surface area contributed by atoms with Crippen molar-refractivity contribution in [3.63, 3.8) is 0 Å². The number of carbonyl (C=O) groups excluding carboxylic acids is 3. The number of fused-ring (bicyclic) bond motifs is 1. The molecule has 3 amide bonds. The first-order chi connectivity index (χ1) is 12.9. The van der Waals surface area contributed by atoms with Crippen LogP contribution in [0.25, 0.3) is 0 Å². The van der Waals surface area contributed by atoms with Crippen LogP contribution in [-0.4, -0.2) is 60.0 Å². The number of hydrogen-bond acceptors (Lipinski definition) is 4. The van der Waals surface area contributed by atoms with E-state index in [1.54, 1.807) is 11.9 Å². The van der Waals surface area contributed by atoms with Gasteiger partial charge in [0.25, 0.3) is 0 Å². The van der Waals surface area contributed by atoms with E-state index in [1.807, 2.05) is 26.0 Å². The molecule has 6 atom stereocenters. The summed E-state index contributed by atoms with van der Waals surface area (Å²) >= 11 is 0. The molecule has 1 fully saturated rings. The number of allylic oxidation sites excluding steroid dienone is 1. The Balaban J connectivity index is 2.34. The molecule has 27 heavy (non-hydrogen) atoms. The molecule has 152 valence electrons. The van der Waals surface area contributed by atoms with Crippen LogP contribution in [-0.2, 0) is 14.4 Å². The summed E-state index contributed by atoms with van der Waals surface area (Å²) in [6, 6.07) is -0.609. The number of hydrogen-bond donors (Lipinski definition) is 3. The van der Waals surface area contributed by atoms with E-state index in [1.165, 1.54) is 0 Å². The quantitative estimate of drug-likeness (QED) is 0.540. The van der Waals surface area contributed by atoms with E-state index in [9.17, 15) is 19.5 Å². The van der Waals surface area contributed by atoms with Crippen LogP contribution in [0, 0.1) is 23.7 Å². The minimum absolute atomic E-state index is 0.0255. The number of nitrogens with zero attached hydrogens (tertiary/aromatic N) is 1. The van der Waals surface area contributed by atoms with Crippen LogP contribution in [0.3, 0.4) is 0 Å². The molecule has 2 aliphatic rings. The lowest BCUT2D eigenvalue weighted by Crippen LogP contribution is -2.50. The van der Waals surface area contributed by atoms with Crippen molar-refractivity contribution in [2.75, 3.05) is 20.2 Å². The van der Waals surface area contributed by atoms with E-state index in [-0.39, 0.29) is 42.2 Å². The Bertz CT molecular complexity index is 592. The standard InChI is InChI=1S/C20H33N3O4/c1-5-7-13(3)22-19(26)17-14-9-8-12(2)15(18(25)21-4)16(14)20(27)23(17)10-6-11-24/h8-9,12-17,24H,5-7,10-11H2,1-4H3,(H,21,25)(H,22,26)/t12-,13?,14+,15-,16-,17+/m1/s1. The molecule has 0 aromatic rings. The lowest BCUT2D eigenvalue weighted by atomic mass is 9.70. The molecule has 7 heteroatoms. The summed E-state index contributed by atoms with van der Waals surface area (Å²) in [5.41, 5.74) is 0. The van der Waals surface area contributed by atoms with Gasteiger partial charge in [-0.25, -0.2) is 0 Å². The second kappa shape index (κ2) is 9.35. The van der Waals surface area contributed by atoms with Gasteiger partial charge in [-0.05, 0) is 25.7 Å². The third-order valence-electron chi connectivity index (χ3n) is 5.76. The van der Waals surface area contributed by atoms with Crippen molar-refractivity contribution in [3.8, 4) is 0 Å². The fourth-order valence-corrected chi connectivity index (χ4v) is 4.47. The Hall–Kier alpha value is -1.89. The molecule has 1 aliphatic heterocycles. The van der Waals surface area contributed by atoms with Crippen molar-refractivity contribution in [2.45, 2.75) is 52.1 Å². The van der Waals surface area contributed by atoms with Gasteiger partial charge in [-0.15, -0.1) is 0 Å². The molecule has 0 radical (unpaired) electrons. The molecule has 0 saturated carbocycles. The zero-order chi connectivity index (χ0) is 20.1. The first kappa shape index (κ1) is 21.4. The van der Waals surface area contributed by atoms with E-state index in [0.717, 1.165) is 12.8 Å². The molecular formula is C20H33N3O4. The molecule has 0 spiro atoms. The summed E-state index contributed by atoms with van der Waals surface area (Å²) < 4.78 is 0. The third kappa shape index (κ3) is 4.34. The van der Waals surface area contributed by atoms with E-state index in [0.29, 0.717) is 13.0 Å². The monoisotopic (exact) mass is 379 g/mol. The van der Waals surface area contributed by atoms with Gasteiger partial charge in [0.15, 0.2) is 0 Å². The van der Waals surface area contributed by atoms with Gasteiger partial charge in [0.1, 0.15) is 6.04 Å². The van der Waals surface area contributed by atoms with Crippen molar-refractivity contribution < 1.29 is 19.5 Å². The van der Waals surface area contributed by atoms with E-state index >= 15 is 0 Å². The van der Waals surface area contributed by atoms with Crippen LogP contribution < -0.4 is 10.6 Å². The minimum Gasteiger partial charge on any atom is -0.396 e. The Morgan fingerprint density at radius 1 is 1.30 bits per heavy atom. The molecule has 1 aliphatic carbocycles. The normalized spacial score (nSPS) is 30.8. The average molecular weight is 380 g/mol. The number of likely N-dealkylation sites (tertiary alicyclic amines) is 1. The summed E-state index contributed by atoms with van der Waals surface area (Å²) in [6.07, 6.45) is 6.11. The fourth-order valence-electron chi connectivity index (χ4n) is 4.47. The van der Waals surface area contributed by atoms with E-state index < -0.39 is 17.9 Å². The molecule has 7 nitrogen and oxygen atoms in total. The maximum atomic E-state index is 13.2. The second-order valence-electron chi connectivity index (χ2n) is 7.74. The smallest absolute Gasteiger partial charge is 0.243 e. The second-order valence-corrected chi connectivity index (χ2v) is 7.74. The van der Waals surface area contributed by atoms with Gasteiger partial charge in [0.2, 0.25) is 17.7 Å². The van der Waals surface area contributed by atoms with Crippen molar-refractivity contribution >= 4 is 17.7 Å². The predicted molar refractivity (Wildman–Crippen MR) is 103 cm³/mol. The number of aliphatic hydroxyl groups excluding tert-OH is 1. The van der Waals surface area contributed by atoms with Gasteiger partial charge < -0.3 is 20.6 Å². The topological polar surface area (TPSA) is 98.7 Å². The highest BCUT2D eigenvalue weighted by molar-refractivity contribution is 5.96. The fraction of sp³-hybridized carbons (Fsp3) is 0.750. The zero-order valence-corrected chi connectivity index (χ0v) is 16.8. The maximum absolute atomic E-state index is 13.2. The first-order valence-electron chi connectivity index (χ1n) is 9.98. The number of amides is 3. The van der Waals surface area contributed by atoms with Crippen LogP contribution in [0.5, 0.6) is 0 Å². The van der Waals surface area contributed by atoms with Gasteiger partial charge in [-0.1, -0.05) is 32.4 Å². The molecule has 1 heterocycles. The van der Waals surface area contributed by atoms with Crippen LogP contribution in [0.2, 0.25) is 0 Å². The van der Waals surface area contributed by atoms with E-state index in [4.69, 9.17) is 0 Å². The van der Waals surface area contributed by atoms with Crippen LogP contribution in [0.4, 0.5) is 0 Å². The molecule has 1 unspecified atom stereocenters. The lowest BCUT2D eigenvalue weighted by Gasteiger charge is -2.32. The number of rotatable bonds is 8. The molecule has 0 aromatic carbocycles. The van der Waals surface area contributed by atoms with Gasteiger partial charge >= 0.3 is 0 Å². The van der Waals surface area contributed by atoms with Crippen LogP contribution in [0.1, 0.15) is 40.0 Å². The zero-order valence-electron chi connectivity index (χ0n) is 16.8. The lowest BCUT2D eigenvalue weighted by molar-refractivity contribution is -0.140. The van der Waals surface area contributed by atoms with Crippen molar-refractivity contribution in [1.82, 2.24) is 15.5 Å². The Kier molecular flexibility index (Phi) is 7.41. The molecule has 2 rings (SSSR count). The largest absolute Gasteiger partial charge is 0.396 e. The van der Waals surface area contributed by atoms with Crippen molar-refractivity contribution in [3.05, 3.63) is 12.2 Å². The van der Waals surface area contributed by atoms with Gasteiger partial charge in [0.05, 0.1) is 11.8 Å². The summed E-state index contributed by atoms with van der Waals surface area (Å²) in [5, 5.41) is 14.9. The average Bonchev–Trinajstić information content (AvgIpc) is 2.91. The molecule has 1 saturated heterocycles. The molecule has 0 bridgehead atoms. The Labute approximate surface area is 161 Å². The number of carbonyl (C=O) groups is 3. The molecular weight excluding hydrogens is 346 g/mol. The Morgan fingerprint density at radius 3 is 2.59 bits per heavy atom. The summed E-state index contributed by atoms with van der Waals surface area (Å²) in [6.45, 7) is 6.20. The number of aliphatic hydroxyl groups is 1. The SMILES string of the molecule is CCCC(C)NC(=O)[C@@H]1[C@H]2C=C[C@@H](C)[C@@H](C(=O)NC)[C@@H]2C(=O)N1CCCO. The highest BCUT2D eigenvalue weighted by atomic mass is 16.3. The number of nitrogens with one attached hydrogen (secondary N) is 2. The van der Waals surface area contributed by atoms with E-state index in [2.05, 4.69) is 17.6 Å². The summed E-state index contributed by atoms with van der Waals surface area (Å²) in [4.78, 5) is 40.3. The summed E-state index contributed by atoms with van der Waals surface area (Å²) in [7, 11) is 1.57. The van der Waals surface area contributed by atoms with Crippen LogP contribution >= 0.6 is 0 Å². The van der Waals surface area contributed by atoms with Gasteiger partial charge in [-0.2, -0.15) is 0 Å². The van der Waals surface area contributed by atoms with Crippen molar-refractivity contribution in [2.24, 2.45) is 23.7 Å². The summed E-state index contributed by atoms with van der Waals surface area (Å²) in [5.74, 6) is -1.94. The third-order valence-corrected chi connectivity index (χ3v) is 5.76. The maximum Gasteiger partial charge on any atom is 0.243 e. The first-order valence-corrected chi connectivity index (χ1v) is 9.98. The van der Waals surface area contributed by atoms with Crippen LogP contribution in [0.15, 0.2) is 12.2 Å². The predicted octanol–water partition coefficient (Wildman–Crippen LogP) is 0.685. The van der Waals surface area contributed by atoms with Gasteiger partial charge in [0, 0.05) is 32.2 Å². The highest BCUT2D eigenvalue weighted by Crippen LogP contribution is 2.43. The highest BCUT2D eigenvalue weighted by Gasteiger charge is 2.56. The van der Waals surface area contributed by atoms with Crippen molar-refractivity contribution in [1.29, 1.82) is 0 Å². The van der Waals surface area contributed by atoms with Gasteiger partial charge in [-0.3, -0.25) is 14.4 Å². The Morgan fingerprint density at radius 2 is 2.00 bits per heavy atom. The molecule has 0 aromatic heterocycles. The molecule has 3 N–H and O–H groups in total. The minimum atomic E-state index is -0.635.